The van der Waals surface area contributed by atoms with Crippen molar-refractivity contribution in [3.05, 3.63) is 38.0 Å². The highest BCUT2D eigenvalue weighted by molar-refractivity contribution is 5.82. The van der Waals surface area contributed by atoms with E-state index in [2.05, 4.69) is 19.7 Å². The normalized spacial score (nSPS) is 24.3. The summed E-state index contributed by atoms with van der Waals surface area (Å²) in [6, 6.07) is 0. The van der Waals surface area contributed by atoms with Gasteiger partial charge in [-0.05, 0) is 0 Å². The molecule has 1 aliphatic carbocycles. The number of carbonyl (C=O) groups excluding carboxylic acids is 3. The molecule has 0 bridgehead atoms. The molecule has 0 unspecified atom stereocenters. The maximum atomic E-state index is 11.3. The van der Waals surface area contributed by atoms with E-state index in [0.717, 1.165) is 18.2 Å². The van der Waals surface area contributed by atoms with E-state index in [1.165, 1.54) is 0 Å². The van der Waals surface area contributed by atoms with E-state index < -0.39 is 36.2 Å². The van der Waals surface area contributed by atoms with Crippen molar-refractivity contribution >= 4 is 17.9 Å². The molecule has 6 nitrogen and oxygen atoms in total. The molecule has 0 aliphatic heterocycles. The molecule has 114 valence electrons. The summed E-state index contributed by atoms with van der Waals surface area (Å²) in [5, 5.41) is 0. The first-order chi connectivity index (χ1) is 9.98. The molecule has 0 saturated heterocycles. The number of rotatable bonds is 6. The van der Waals surface area contributed by atoms with Crippen LogP contribution in [0.25, 0.3) is 0 Å². The molecule has 0 aromatic rings. The molecule has 0 aromatic carbocycles. The summed E-state index contributed by atoms with van der Waals surface area (Å²) in [6.07, 6.45) is 2.58. The van der Waals surface area contributed by atoms with Crippen molar-refractivity contribution in [3.63, 3.8) is 0 Å². The molecule has 0 heterocycles. The van der Waals surface area contributed by atoms with Crippen LogP contribution in [0.4, 0.5) is 0 Å². The molecule has 1 rings (SSSR count). The van der Waals surface area contributed by atoms with Crippen molar-refractivity contribution in [1.29, 1.82) is 0 Å². The van der Waals surface area contributed by atoms with Crippen LogP contribution in [-0.4, -0.2) is 36.2 Å². The lowest BCUT2D eigenvalue weighted by Crippen LogP contribution is -2.39. The van der Waals surface area contributed by atoms with Gasteiger partial charge in [0.05, 0.1) is 0 Å². The first-order valence-corrected chi connectivity index (χ1v) is 6.47. The predicted octanol–water partition coefficient (Wildman–Crippen LogP) is 1.46. The van der Waals surface area contributed by atoms with Gasteiger partial charge in [0.2, 0.25) is 0 Å². The van der Waals surface area contributed by atoms with Crippen LogP contribution < -0.4 is 0 Å². The summed E-state index contributed by atoms with van der Waals surface area (Å²) in [6.45, 7) is 9.95. The largest absolute Gasteiger partial charge is 0.459 e. The molecule has 0 radical (unpaired) electrons. The van der Waals surface area contributed by atoms with Crippen molar-refractivity contribution in [3.8, 4) is 0 Å². The highest BCUT2D eigenvalue weighted by Gasteiger charge is 2.34. The minimum absolute atomic E-state index is 0.335. The highest BCUT2D eigenvalue weighted by Crippen LogP contribution is 2.27. The van der Waals surface area contributed by atoms with Gasteiger partial charge >= 0.3 is 17.9 Å². The Kier molecular flexibility index (Phi) is 6.39. The molecular formula is C15H18O6. The maximum Gasteiger partial charge on any atom is 0.330 e. The smallest absolute Gasteiger partial charge is 0.330 e. The molecule has 0 aromatic heterocycles. The first kappa shape index (κ1) is 16.7. The fourth-order valence-corrected chi connectivity index (χ4v) is 2.09. The van der Waals surface area contributed by atoms with Gasteiger partial charge in [0.1, 0.15) is 18.3 Å². The van der Waals surface area contributed by atoms with Crippen molar-refractivity contribution in [2.75, 3.05) is 0 Å². The van der Waals surface area contributed by atoms with Crippen LogP contribution in [0.2, 0.25) is 0 Å². The fourth-order valence-electron chi connectivity index (χ4n) is 2.09. The Bertz CT molecular complexity index is 381. The van der Waals surface area contributed by atoms with Crippen molar-refractivity contribution < 1.29 is 28.6 Å². The maximum absolute atomic E-state index is 11.3. The molecule has 1 aliphatic rings. The summed E-state index contributed by atoms with van der Waals surface area (Å²) in [4.78, 5) is 33.8. The van der Waals surface area contributed by atoms with E-state index in [1.807, 2.05) is 0 Å². The zero-order valence-electron chi connectivity index (χ0n) is 11.7. The van der Waals surface area contributed by atoms with Crippen LogP contribution in [0.1, 0.15) is 19.3 Å². The van der Waals surface area contributed by atoms with Gasteiger partial charge in [-0.1, -0.05) is 19.7 Å². The van der Waals surface area contributed by atoms with Crippen molar-refractivity contribution in [2.24, 2.45) is 0 Å². The summed E-state index contributed by atoms with van der Waals surface area (Å²) in [5.41, 5.74) is 0. The summed E-state index contributed by atoms with van der Waals surface area (Å²) >= 11 is 0. The first-order valence-electron chi connectivity index (χ1n) is 6.47. The molecule has 0 N–H and O–H groups in total. The van der Waals surface area contributed by atoms with Crippen LogP contribution in [-0.2, 0) is 28.6 Å². The van der Waals surface area contributed by atoms with Crippen LogP contribution in [0.15, 0.2) is 38.0 Å². The highest BCUT2D eigenvalue weighted by atomic mass is 16.6. The average Bonchev–Trinajstić information content (AvgIpc) is 2.46. The second kappa shape index (κ2) is 8.04. The summed E-state index contributed by atoms with van der Waals surface area (Å²) < 4.78 is 15.4. The minimum Gasteiger partial charge on any atom is -0.459 e. The quantitative estimate of drug-likeness (QED) is 0.419. The van der Waals surface area contributed by atoms with E-state index in [0.29, 0.717) is 19.3 Å². The summed E-state index contributed by atoms with van der Waals surface area (Å²) in [5.74, 6) is -1.74. The predicted molar refractivity (Wildman–Crippen MR) is 74.1 cm³/mol. The minimum atomic E-state index is -0.579. The van der Waals surface area contributed by atoms with E-state index in [4.69, 9.17) is 14.2 Å². The number of carbonyl (C=O) groups is 3. The molecule has 0 spiro atoms. The second-order valence-electron chi connectivity index (χ2n) is 4.50. The molecular weight excluding hydrogens is 276 g/mol. The Labute approximate surface area is 123 Å². The third kappa shape index (κ3) is 5.64. The van der Waals surface area contributed by atoms with Crippen LogP contribution in [0.3, 0.4) is 0 Å². The Hall–Kier alpha value is -2.37. The van der Waals surface area contributed by atoms with Crippen LogP contribution >= 0.6 is 0 Å². The van der Waals surface area contributed by atoms with Gasteiger partial charge < -0.3 is 14.2 Å². The Morgan fingerprint density at radius 1 is 0.667 bits per heavy atom. The van der Waals surface area contributed by atoms with Crippen LogP contribution in [0.5, 0.6) is 0 Å². The Morgan fingerprint density at radius 3 is 1.10 bits per heavy atom. The lowest BCUT2D eigenvalue weighted by molar-refractivity contribution is -0.163. The fraction of sp³-hybridized carbons (Fsp3) is 0.400. The Morgan fingerprint density at radius 2 is 0.905 bits per heavy atom. The molecule has 0 amide bonds. The SMILES string of the molecule is C=CC(=O)O[C@H]1C[C@@H](OC(=O)C=C)C[C@@H](OC(=O)C=C)C1. The monoisotopic (exact) mass is 294 g/mol. The van der Waals surface area contributed by atoms with Gasteiger partial charge in [0, 0.05) is 37.5 Å². The zero-order chi connectivity index (χ0) is 15.8. The topological polar surface area (TPSA) is 78.9 Å². The molecule has 6 heteroatoms. The standard InChI is InChI=1S/C15H18O6/c1-4-13(16)19-10-7-11(20-14(17)5-2)9-12(8-10)21-15(18)6-3/h4-6,10-12H,1-3,7-9H2/t10-,11+,12-. The van der Waals surface area contributed by atoms with Crippen molar-refractivity contribution in [1.82, 2.24) is 0 Å². The van der Waals surface area contributed by atoms with E-state index >= 15 is 0 Å². The molecule has 1 saturated carbocycles. The van der Waals surface area contributed by atoms with Gasteiger partial charge in [0.25, 0.3) is 0 Å². The third-order valence-electron chi connectivity index (χ3n) is 2.93. The number of hydrogen-bond donors (Lipinski definition) is 0. The van der Waals surface area contributed by atoms with E-state index in [1.54, 1.807) is 0 Å². The third-order valence-corrected chi connectivity index (χ3v) is 2.93. The van der Waals surface area contributed by atoms with E-state index in [-0.39, 0.29) is 0 Å². The van der Waals surface area contributed by atoms with Crippen molar-refractivity contribution in [2.45, 2.75) is 37.6 Å². The number of hydrogen-bond acceptors (Lipinski definition) is 6. The summed E-state index contributed by atoms with van der Waals surface area (Å²) in [7, 11) is 0. The van der Waals surface area contributed by atoms with Gasteiger partial charge in [-0.25, -0.2) is 14.4 Å². The number of esters is 3. The molecule has 21 heavy (non-hydrogen) atoms. The molecule has 0 atom stereocenters. The van der Waals surface area contributed by atoms with Gasteiger partial charge in [-0.2, -0.15) is 0 Å². The van der Waals surface area contributed by atoms with E-state index in [9.17, 15) is 14.4 Å². The van der Waals surface area contributed by atoms with Crippen LogP contribution in [0, 0.1) is 0 Å². The lowest BCUT2D eigenvalue weighted by atomic mass is 9.92. The lowest BCUT2D eigenvalue weighted by Gasteiger charge is -2.33. The van der Waals surface area contributed by atoms with Gasteiger partial charge in [-0.15, -0.1) is 0 Å². The zero-order valence-corrected chi connectivity index (χ0v) is 11.7. The Balaban J connectivity index is 2.71. The molecule has 1 fully saturated rings. The van der Waals surface area contributed by atoms with Gasteiger partial charge in [-0.3, -0.25) is 0 Å². The van der Waals surface area contributed by atoms with Gasteiger partial charge in [0.15, 0.2) is 0 Å². The number of ether oxygens (including phenoxy) is 3. The second-order valence-corrected chi connectivity index (χ2v) is 4.50. The average molecular weight is 294 g/mol.